The van der Waals surface area contributed by atoms with Crippen LogP contribution in [0, 0.1) is 0 Å². The van der Waals surface area contributed by atoms with E-state index in [1.807, 2.05) is 0 Å². The van der Waals surface area contributed by atoms with Crippen molar-refractivity contribution in [3.05, 3.63) is 11.6 Å². The van der Waals surface area contributed by atoms with Gasteiger partial charge in [0, 0.05) is 32.0 Å². The van der Waals surface area contributed by atoms with Crippen LogP contribution in [0.2, 0.25) is 0 Å². The lowest BCUT2D eigenvalue weighted by Gasteiger charge is -2.30. The van der Waals surface area contributed by atoms with E-state index in [2.05, 4.69) is 31.9 Å². The zero-order valence-electron chi connectivity index (χ0n) is 13.0. The summed E-state index contributed by atoms with van der Waals surface area (Å²) in [5.74, 6) is 2.04. The van der Waals surface area contributed by atoms with Gasteiger partial charge in [-0.05, 0) is 32.2 Å². The Hall–Kier alpha value is -1.43. The molecule has 1 atom stereocenters. The van der Waals surface area contributed by atoms with Crippen LogP contribution < -0.4 is 0 Å². The molecule has 6 nitrogen and oxygen atoms in total. The van der Waals surface area contributed by atoms with Crippen molar-refractivity contribution < 1.29 is 4.79 Å². The van der Waals surface area contributed by atoms with Crippen LogP contribution in [0.15, 0.2) is 0 Å². The molecule has 0 bridgehead atoms. The second kappa shape index (κ2) is 6.13. The second-order valence-electron chi connectivity index (χ2n) is 6.22. The molecule has 6 heteroatoms. The van der Waals surface area contributed by atoms with Crippen LogP contribution in [-0.4, -0.2) is 56.1 Å². The Morgan fingerprint density at radius 1 is 1.43 bits per heavy atom. The third-order valence-electron chi connectivity index (χ3n) is 4.55. The molecule has 1 aliphatic heterocycles. The van der Waals surface area contributed by atoms with Gasteiger partial charge in [-0.3, -0.25) is 14.8 Å². The maximum absolute atomic E-state index is 11.8. The maximum atomic E-state index is 11.8. The van der Waals surface area contributed by atoms with E-state index in [-0.39, 0.29) is 5.91 Å². The van der Waals surface area contributed by atoms with Gasteiger partial charge >= 0.3 is 0 Å². The number of carbonyl (C=O) groups excluding carboxylic acids is 1. The average Bonchev–Trinajstić information content (AvgIpc) is 3.04. The minimum atomic E-state index is 0.220. The molecule has 2 fully saturated rings. The van der Waals surface area contributed by atoms with Gasteiger partial charge < -0.3 is 4.90 Å². The predicted molar refractivity (Wildman–Crippen MR) is 79.6 cm³/mol. The van der Waals surface area contributed by atoms with Crippen LogP contribution in [-0.2, 0) is 17.8 Å². The zero-order valence-corrected chi connectivity index (χ0v) is 13.0. The summed E-state index contributed by atoms with van der Waals surface area (Å²) in [7, 11) is 0. The number of aryl methyl sites for hydroxylation is 1. The summed E-state index contributed by atoms with van der Waals surface area (Å²) in [4.78, 5) is 20.8. The highest BCUT2D eigenvalue weighted by atomic mass is 16.2. The number of aromatic nitrogens is 3. The average molecular weight is 291 g/mol. The van der Waals surface area contributed by atoms with E-state index in [9.17, 15) is 4.79 Å². The molecule has 1 saturated heterocycles. The topological polar surface area (TPSA) is 65.1 Å². The van der Waals surface area contributed by atoms with Gasteiger partial charge in [-0.15, -0.1) is 0 Å². The molecule has 2 aliphatic rings. The number of carbonyl (C=O) groups is 1. The van der Waals surface area contributed by atoms with Gasteiger partial charge in [-0.1, -0.05) is 6.92 Å². The summed E-state index contributed by atoms with van der Waals surface area (Å²) in [6, 6.07) is 0.964. The molecular formula is C15H25N5O. The van der Waals surface area contributed by atoms with E-state index < -0.39 is 0 Å². The number of amides is 1. The maximum Gasteiger partial charge on any atom is 0.219 e. The van der Waals surface area contributed by atoms with Crippen molar-refractivity contribution in [2.75, 3.05) is 13.1 Å². The number of aromatic amines is 1. The molecule has 21 heavy (non-hydrogen) atoms. The molecule has 2 heterocycles. The lowest BCUT2D eigenvalue weighted by molar-refractivity contribution is -0.130. The Balaban J connectivity index is 1.60. The molecule has 0 aromatic carbocycles. The Bertz CT molecular complexity index is 496. The van der Waals surface area contributed by atoms with E-state index in [0.29, 0.717) is 12.1 Å². The normalized spacial score (nSPS) is 22.7. The molecule has 1 aromatic rings. The Morgan fingerprint density at radius 2 is 2.24 bits per heavy atom. The third-order valence-corrected chi connectivity index (χ3v) is 4.55. The second-order valence-corrected chi connectivity index (χ2v) is 6.22. The zero-order chi connectivity index (χ0) is 14.8. The quantitative estimate of drug-likeness (QED) is 0.859. The molecule has 0 spiro atoms. The first kappa shape index (κ1) is 14.5. The third kappa shape index (κ3) is 3.43. The summed E-state index contributed by atoms with van der Waals surface area (Å²) < 4.78 is 0. The van der Waals surface area contributed by atoms with Gasteiger partial charge in [0.05, 0.1) is 6.54 Å². The highest BCUT2D eigenvalue weighted by molar-refractivity contribution is 5.74. The van der Waals surface area contributed by atoms with Crippen LogP contribution in [0.1, 0.15) is 51.2 Å². The fourth-order valence-electron chi connectivity index (χ4n) is 3.21. The minimum Gasteiger partial charge on any atom is -0.338 e. The van der Waals surface area contributed by atoms with Crippen molar-refractivity contribution >= 4 is 5.91 Å². The summed E-state index contributed by atoms with van der Waals surface area (Å²) in [5.41, 5.74) is 0. The lowest BCUT2D eigenvalue weighted by Crippen LogP contribution is -2.43. The van der Waals surface area contributed by atoms with Crippen molar-refractivity contribution in [2.45, 2.75) is 64.6 Å². The van der Waals surface area contributed by atoms with Crippen molar-refractivity contribution in [1.29, 1.82) is 0 Å². The smallest absolute Gasteiger partial charge is 0.219 e. The molecule has 3 rings (SSSR count). The van der Waals surface area contributed by atoms with Gasteiger partial charge in [0.2, 0.25) is 5.91 Å². The fraction of sp³-hybridized carbons (Fsp3) is 0.800. The van der Waals surface area contributed by atoms with Crippen molar-refractivity contribution in [2.24, 2.45) is 0 Å². The standard InChI is InChI=1S/C15H25N5O/c1-3-14-16-15(18-17-14)10-19-8-4-5-13(19)9-20(11(2)21)12-6-7-12/h12-13H,3-10H2,1-2H3,(H,16,17,18)/t13-/m1/s1. The molecule has 1 aromatic heterocycles. The molecule has 0 radical (unpaired) electrons. The van der Waals surface area contributed by atoms with E-state index in [1.54, 1.807) is 6.92 Å². The predicted octanol–water partition coefficient (Wildman–Crippen LogP) is 1.34. The fourth-order valence-corrected chi connectivity index (χ4v) is 3.21. The summed E-state index contributed by atoms with van der Waals surface area (Å²) in [5, 5.41) is 7.23. The summed E-state index contributed by atoms with van der Waals surface area (Å²) in [6.45, 7) is 6.53. The van der Waals surface area contributed by atoms with Crippen LogP contribution in [0.25, 0.3) is 0 Å². The SMILES string of the molecule is CCc1n[nH]c(CN2CCC[C@@H]2CN(C(C)=O)C2CC2)n1. The van der Waals surface area contributed by atoms with E-state index in [0.717, 1.165) is 37.7 Å². The number of hydrogen-bond acceptors (Lipinski definition) is 4. The van der Waals surface area contributed by atoms with Crippen LogP contribution in [0.5, 0.6) is 0 Å². The first-order chi connectivity index (χ1) is 10.2. The highest BCUT2D eigenvalue weighted by Crippen LogP contribution is 2.29. The molecule has 0 unspecified atom stereocenters. The van der Waals surface area contributed by atoms with Gasteiger partial charge in [0.15, 0.2) is 0 Å². The first-order valence-electron chi connectivity index (χ1n) is 8.08. The van der Waals surface area contributed by atoms with Gasteiger partial charge in [-0.2, -0.15) is 5.10 Å². The van der Waals surface area contributed by atoms with Gasteiger partial charge in [0.1, 0.15) is 11.6 Å². The Labute approximate surface area is 125 Å². The molecular weight excluding hydrogens is 266 g/mol. The molecule has 1 amide bonds. The largest absolute Gasteiger partial charge is 0.338 e. The van der Waals surface area contributed by atoms with Crippen molar-refractivity contribution in [3.8, 4) is 0 Å². The Kier molecular flexibility index (Phi) is 4.24. The van der Waals surface area contributed by atoms with E-state index in [4.69, 9.17) is 0 Å². The summed E-state index contributed by atoms with van der Waals surface area (Å²) >= 11 is 0. The van der Waals surface area contributed by atoms with E-state index >= 15 is 0 Å². The van der Waals surface area contributed by atoms with Crippen LogP contribution in [0.3, 0.4) is 0 Å². The molecule has 1 N–H and O–H groups in total. The first-order valence-corrected chi connectivity index (χ1v) is 8.08. The number of nitrogens with zero attached hydrogens (tertiary/aromatic N) is 4. The van der Waals surface area contributed by atoms with Crippen LogP contribution in [0.4, 0.5) is 0 Å². The number of hydrogen-bond donors (Lipinski definition) is 1. The minimum absolute atomic E-state index is 0.220. The van der Waals surface area contributed by atoms with E-state index in [1.165, 1.54) is 25.7 Å². The molecule has 1 aliphatic carbocycles. The van der Waals surface area contributed by atoms with Gasteiger partial charge in [0.25, 0.3) is 0 Å². The summed E-state index contributed by atoms with van der Waals surface area (Å²) in [6.07, 6.45) is 5.59. The molecule has 1 saturated carbocycles. The number of rotatable bonds is 6. The molecule has 116 valence electrons. The Morgan fingerprint density at radius 3 is 2.86 bits per heavy atom. The highest BCUT2D eigenvalue weighted by Gasteiger charge is 2.35. The van der Waals surface area contributed by atoms with Crippen molar-refractivity contribution in [3.63, 3.8) is 0 Å². The number of likely N-dealkylation sites (tertiary alicyclic amines) is 1. The van der Waals surface area contributed by atoms with Crippen molar-refractivity contribution in [1.82, 2.24) is 25.0 Å². The lowest BCUT2D eigenvalue weighted by atomic mass is 10.2. The monoisotopic (exact) mass is 291 g/mol. The number of nitrogens with one attached hydrogen (secondary N) is 1. The number of H-pyrrole nitrogens is 1. The van der Waals surface area contributed by atoms with Gasteiger partial charge in [-0.25, -0.2) is 4.98 Å². The van der Waals surface area contributed by atoms with Crippen LogP contribution >= 0.6 is 0 Å².